The van der Waals surface area contributed by atoms with E-state index in [9.17, 15) is 15.3 Å². The summed E-state index contributed by atoms with van der Waals surface area (Å²) < 4.78 is 34.7. The van der Waals surface area contributed by atoms with Crippen molar-refractivity contribution >= 4 is 0 Å². The average molecular weight is 826 g/mol. The Balaban J connectivity index is 1.29. The first kappa shape index (κ1) is 43.5. The van der Waals surface area contributed by atoms with Crippen LogP contribution in [-0.2, 0) is 38.5 Å². The summed E-state index contributed by atoms with van der Waals surface area (Å²) in [7, 11) is 0. The lowest BCUT2D eigenvalue weighted by Gasteiger charge is -2.53. The molecule has 1 aliphatic rings. The Morgan fingerprint density at radius 3 is 1.08 bits per heavy atom. The monoisotopic (exact) mass is 825 g/mol. The molecule has 1 saturated heterocycles. The van der Waals surface area contributed by atoms with Crippen LogP contribution in [0.15, 0.2) is 137 Å². The van der Waals surface area contributed by atoms with Crippen LogP contribution in [0.1, 0.15) is 85.9 Å². The third-order valence-electron chi connectivity index (χ3n) is 12.5. The topological polar surface area (TPSA) is 167 Å². The Hall–Kier alpha value is -4.56. The van der Waals surface area contributed by atoms with Crippen LogP contribution in [0, 0.1) is 0 Å². The van der Waals surface area contributed by atoms with Crippen molar-refractivity contribution in [2.45, 2.75) is 112 Å². The molecule has 0 radical (unpaired) electrons. The van der Waals surface area contributed by atoms with Crippen molar-refractivity contribution in [3.8, 4) is 0 Å². The standard InChI is InChI=1S/C48H63N3O9/c52-46(19-13-39-7-1-29-55-39,20-14-40-8-2-30-56-40)35-45(36-47(53,21-15-41-9-3-31-57-41)22-16-42-10-4-32-58-42)37-50-26-25-49-27-28-51(45)38-48(54,23-17-43-11-5-33-59-43)24-18-44-12-6-34-60-44/h1-12,29-34,49-50,52-54H,13-28,35-38H2. The predicted octanol–water partition coefficient (Wildman–Crippen LogP) is 7.55. The van der Waals surface area contributed by atoms with Crippen molar-refractivity contribution in [1.82, 2.24) is 15.5 Å². The van der Waals surface area contributed by atoms with E-state index in [0.29, 0.717) is 116 Å². The molecule has 0 saturated carbocycles. The molecule has 0 unspecified atom stereocenters. The maximum atomic E-state index is 13.2. The summed E-state index contributed by atoms with van der Waals surface area (Å²) in [5, 5.41) is 46.8. The summed E-state index contributed by atoms with van der Waals surface area (Å²) in [5.74, 6) is 4.81. The van der Waals surface area contributed by atoms with Crippen LogP contribution in [0.5, 0.6) is 0 Å². The number of furan rings is 6. The number of aliphatic hydroxyl groups is 3. The number of rotatable bonds is 24. The van der Waals surface area contributed by atoms with Crippen LogP contribution in [0.4, 0.5) is 0 Å². The largest absolute Gasteiger partial charge is 0.469 e. The summed E-state index contributed by atoms with van der Waals surface area (Å²) in [5.41, 5.74) is -4.52. The van der Waals surface area contributed by atoms with Gasteiger partial charge >= 0.3 is 0 Å². The van der Waals surface area contributed by atoms with Gasteiger partial charge in [0.05, 0.1) is 54.4 Å². The third kappa shape index (κ3) is 12.7. The SMILES string of the molecule is OC(CCc1ccco1)(CCc1ccco1)CN1CCNCCNCC1(CC(O)(CCc1ccco1)CCc1ccco1)CC(O)(CCc1ccco1)CCc1ccco1. The highest BCUT2D eigenvalue weighted by Crippen LogP contribution is 2.42. The van der Waals surface area contributed by atoms with Crippen molar-refractivity contribution in [2.75, 3.05) is 39.3 Å². The zero-order valence-electron chi connectivity index (χ0n) is 34.8. The molecule has 60 heavy (non-hydrogen) atoms. The number of nitrogens with one attached hydrogen (secondary N) is 2. The highest BCUT2D eigenvalue weighted by molar-refractivity contribution is 5.12. The molecule has 324 valence electrons. The number of aryl methyl sites for hydroxylation is 6. The summed E-state index contributed by atoms with van der Waals surface area (Å²) in [6, 6.07) is 22.9. The molecule has 0 spiro atoms. The molecule has 1 fully saturated rings. The molecule has 0 bridgehead atoms. The van der Waals surface area contributed by atoms with Crippen LogP contribution in [-0.4, -0.2) is 81.8 Å². The average Bonchev–Trinajstić information content (AvgIpc) is 4.10. The fourth-order valence-corrected chi connectivity index (χ4v) is 9.17. The summed E-state index contributed by atoms with van der Waals surface area (Å²) in [6.45, 7) is 3.44. The smallest absolute Gasteiger partial charge is 0.103 e. The Morgan fingerprint density at radius 2 is 0.767 bits per heavy atom. The van der Waals surface area contributed by atoms with Gasteiger partial charge < -0.3 is 52.5 Å². The number of hydrogen-bond acceptors (Lipinski definition) is 12. The van der Waals surface area contributed by atoms with E-state index in [2.05, 4.69) is 15.5 Å². The third-order valence-corrected chi connectivity index (χ3v) is 12.5. The molecule has 12 nitrogen and oxygen atoms in total. The van der Waals surface area contributed by atoms with Gasteiger partial charge in [-0.15, -0.1) is 0 Å². The summed E-state index contributed by atoms with van der Waals surface area (Å²) in [6.07, 6.45) is 16.4. The van der Waals surface area contributed by atoms with Gasteiger partial charge in [0.1, 0.15) is 34.6 Å². The molecule has 6 aromatic rings. The Bertz CT molecular complexity index is 1780. The van der Waals surface area contributed by atoms with Crippen molar-refractivity contribution in [2.24, 2.45) is 0 Å². The lowest BCUT2D eigenvalue weighted by molar-refractivity contribution is -0.113. The molecule has 0 aromatic carbocycles. The lowest BCUT2D eigenvalue weighted by Crippen LogP contribution is -2.65. The van der Waals surface area contributed by atoms with E-state index in [-0.39, 0.29) is 6.54 Å². The second kappa shape index (κ2) is 20.8. The maximum absolute atomic E-state index is 13.2. The number of hydrogen-bond donors (Lipinski definition) is 5. The van der Waals surface area contributed by atoms with Gasteiger partial charge in [0.2, 0.25) is 0 Å². The van der Waals surface area contributed by atoms with Gasteiger partial charge in [-0.2, -0.15) is 0 Å². The molecule has 6 aromatic heterocycles. The van der Waals surface area contributed by atoms with Gasteiger partial charge in [0, 0.05) is 83.3 Å². The minimum absolute atomic E-state index is 0.288. The first-order chi connectivity index (χ1) is 29.2. The first-order valence-corrected chi connectivity index (χ1v) is 21.7. The first-order valence-electron chi connectivity index (χ1n) is 21.7. The summed E-state index contributed by atoms with van der Waals surface area (Å²) >= 11 is 0. The van der Waals surface area contributed by atoms with Gasteiger partial charge in [-0.1, -0.05) is 0 Å². The molecule has 0 aliphatic carbocycles. The number of nitrogens with zero attached hydrogens (tertiary/aromatic N) is 1. The predicted molar refractivity (Wildman–Crippen MR) is 226 cm³/mol. The molecular formula is C48H63N3O9. The molecule has 7 rings (SSSR count). The van der Waals surface area contributed by atoms with E-state index >= 15 is 0 Å². The van der Waals surface area contributed by atoms with Crippen molar-refractivity contribution in [3.05, 3.63) is 145 Å². The minimum atomic E-state index is -1.23. The zero-order valence-corrected chi connectivity index (χ0v) is 34.8. The minimum Gasteiger partial charge on any atom is -0.469 e. The fraction of sp³-hybridized carbons (Fsp3) is 0.500. The second-order valence-corrected chi connectivity index (χ2v) is 17.1. The van der Waals surface area contributed by atoms with Crippen LogP contribution in [0.2, 0.25) is 0 Å². The van der Waals surface area contributed by atoms with E-state index in [4.69, 9.17) is 26.5 Å². The summed E-state index contributed by atoms with van der Waals surface area (Å²) in [4.78, 5) is 2.37. The van der Waals surface area contributed by atoms with Crippen LogP contribution >= 0.6 is 0 Å². The molecule has 0 amide bonds. The van der Waals surface area contributed by atoms with E-state index < -0.39 is 22.3 Å². The van der Waals surface area contributed by atoms with Crippen molar-refractivity contribution < 1.29 is 41.8 Å². The van der Waals surface area contributed by atoms with Crippen LogP contribution < -0.4 is 10.6 Å². The molecule has 0 atom stereocenters. The van der Waals surface area contributed by atoms with E-state index in [0.717, 1.165) is 41.1 Å². The highest BCUT2D eigenvalue weighted by atomic mass is 16.3. The Kier molecular flexibility index (Phi) is 15.1. The fourth-order valence-electron chi connectivity index (χ4n) is 9.17. The second-order valence-electron chi connectivity index (χ2n) is 17.1. The maximum Gasteiger partial charge on any atom is 0.103 e. The van der Waals surface area contributed by atoms with E-state index in [1.165, 1.54) is 0 Å². The lowest BCUT2D eigenvalue weighted by atomic mass is 9.70. The Morgan fingerprint density at radius 1 is 0.450 bits per heavy atom. The van der Waals surface area contributed by atoms with Gasteiger partial charge in [-0.25, -0.2) is 0 Å². The highest BCUT2D eigenvalue weighted by Gasteiger charge is 2.50. The molecule has 5 N–H and O–H groups in total. The molecule has 1 aliphatic heterocycles. The molecular weight excluding hydrogens is 763 g/mol. The molecule has 12 heteroatoms. The van der Waals surface area contributed by atoms with Gasteiger partial charge in [0.25, 0.3) is 0 Å². The van der Waals surface area contributed by atoms with Crippen LogP contribution in [0.25, 0.3) is 0 Å². The zero-order chi connectivity index (χ0) is 41.6. The van der Waals surface area contributed by atoms with Gasteiger partial charge in [0.15, 0.2) is 0 Å². The quantitative estimate of drug-likeness (QED) is 0.0408. The normalized spacial score (nSPS) is 15.8. The van der Waals surface area contributed by atoms with E-state index in [1.807, 2.05) is 72.8 Å². The Labute approximate surface area is 352 Å². The van der Waals surface area contributed by atoms with E-state index in [1.54, 1.807) is 37.6 Å². The molecule has 7 heterocycles. The van der Waals surface area contributed by atoms with Crippen molar-refractivity contribution in [3.63, 3.8) is 0 Å². The van der Waals surface area contributed by atoms with Crippen LogP contribution in [0.3, 0.4) is 0 Å². The number of β-amino-alcohol motifs (C(OH)–C–C–N with tert-alkyl or cyclic N) is 1. The van der Waals surface area contributed by atoms with Crippen molar-refractivity contribution in [1.29, 1.82) is 0 Å². The van der Waals surface area contributed by atoms with Gasteiger partial charge in [-0.3, -0.25) is 4.90 Å². The van der Waals surface area contributed by atoms with Gasteiger partial charge in [-0.05, 0) is 124 Å².